The third-order valence-corrected chi connectivity index (χ3v) is 7.98. The van der Waals surface area contributed by atoms with Crippen LogP contribution in [0.2, 0.25) is 0 Å². The molecule has 0 atom stereocenters. The summed E-state index contributed by atoms with van der Waals surface area (Å²) in [6.45, 7) is 5.36. The summed E-state index contributed by atoms with van der Waals surface area (Å²) in [6.07, 6.45) is 7.62. The van der Waals surface area contributed by atoms with Crippen molar-refractivity contribution in [1.29, 1.82) is 0 Å². The number of nitrogens with one attached hydrogen (secondary N) is 1. The standard InChI is InChI=1S/C20H30N2O4S/c23-27(24,18-7-8-19-20(15-18)26-14-4-13-25-19)22-11-9-21(10-12-22)16-17-5-2-1-3-6-17/h7-8,15,17H,1-6,9-14,16H2/p+1. The first-order valence-electron chi connectivity index (χ1n) is 10.4. The van der Waals surface area contributed by atoms with Crippen molar-refractivity contribution < 1.29 is 22.8 Å². The van der Waals surface area contributed by atoms with Crippen LogP contribution >= 0.6 is 0 Å². The van der Waals surface area contributed by atoms with E-state index >= 15 is 0 Å². The van der Waals surface area contributed by atoms with E-state index in [9.17, 15) is 8.42 Å². The summed E-state index contributed by atoms with van der Waals surface area (Å²) in [5, 5.41) is 0. The maximum Gasteiger partial charge on any atom is 0.243 e. The summed E-state index contributed by atoms with van der Waals surface area (Å²) < 4.78 is 39.1. The van der Waals surface area contributed by atoms with E-state index in [4.69, 9.17) is 9.47 Å². The average molecular weight is 396 g/mol. The maximum atomic E-state index is 13.1. The van der Waals surface area contributed by atoms with Gasteiger partial charge in [-0.3, -0.25) is 0 Å². The Morgan fingerprint density at radius 3 is 2.41 bits per heavy atom. The number of benzene rings is 1. The number of fused-ring (bicyclic) bond motifs is 1. The van der Waals surface area contributed by atoms with Crippen molar-refractivity contribution in [2.24, 2.45) is 5.92 Å². The summed E-state index contributed by atoms with van der Waals surface area (Å²) in [7, 11) is -3.48. The Hall–Kier alpha value is -1.31. The van der Waals surface area contributed by atoms with Gasteiger partial charge in [0.05, 0.1) is 50.8 Å². The Morgan fingerprint density at radius 2 is 1.67 bits per heavy atom. The molecule has 0 amide bonds. The van der Waals surface area contributed by atoms with Crippen LogP contribution in [0.3, 0.4) is 0 Å². The summed E-state index contributed by atoms with van der Waals surface area (Å²) in [6, 6.07) is 4.99. The van der Waals surface area contributed by atoms with Crippen molar-refractivity contribution >= 4 is 10.0 Å². The van der Waals surface area contributed by atoms with Crippen LogP contribution in [-0.4, -0.2) is 58.7 Å². The molecule has 2 aliphatic heterocycles. The lowest BCUT2D eigenvalue weighted by Crippen LogP contribution is -3.15. The summed E-state index contributed by atoms with van der Waals surface area (Å²) in [5.74, 6) is 2.00. The second-order valence-corrected chi connectivity index (χ2v) is 9.96. The fourth-order valence-corrected chi connectivity index (χ4v) is 5.96. The molecule has 4 rings (SSSR count). The molecule has 3 aliphatic rings. The van der Waals surface area contributed by atoms with E-state index in [-0.39, 0.29) is 0 Å². The van der Waals surface area contributed by atoms with Gasteiger partial charge in [-0.1, -0.05) is 19.3 Å². The van der Waals surface area contributed by atoms with Crippen LogP contribution < -0.4 is 14.4 Å². The van der Waals surface area contributed by atoms with Crippen LogP contribution in [0, 0.1) is 5.92 Å². The molecule has 0 unspecified atom stereocenters. The number of ether oxygens (including phenoxy) is 2. The molecular formula is C20H31N2O4S+. The Balaban J connectivity index is 1.39. The van der Waals surface area contributed by atoms with Crippen LogP contribution in [0.15, 0.2) is 23.1 Å². The first-order chi connectivity index (χ1) is 13.1. The van der Waals surface area contributed by atoms with Gasteiger partial charge in [-0.15, -0.1) is 0 Å². The number of rotatable bonds is 4. The second-order valence-electron chi connectivity index (χ2n) is 8.02. The molecule has 1 aromatic rings. The lowest BCUT2D eigenvalue weighted by atomic mass is 9.89. The number of piperazine rings is 1. The predicted molar refractivity (Wildman–Crippen MR) is 103 cm³/mol. The monoisotopic (exact) mass is 395 g/mol. The van der Waals surface area contributed by atoms with Crippen LogP contribution in [-0.2, 0) is 10.0 Å². The van der Waals surface area contributed by atoms with Crippen molar-refractivity contribution in [2.75, 3.05) is 45.9 Å². The molecule has 1 saturated carbocycles. The first-order valence-corrected chi connectivity index (χ1v) is 11.8. The van der Waals surface area contributed by atoms with Gasteiger partial charge in [-0.2, -0.15) is 4.31 Å². The molecule has 1 aliphatic carbocycles. The minimum Gasteiger partial charge on any atom is -0.490 e. The summed E-state index contributed by atoms with van der Waals surface area (Å²) in [4.78, 5) is 1.87. The lowest BCUT2D eigenvalue weighted by molar-refractivity contribution is -0.907. The Morgan fingerprint density at radius 1 is 0.963 bits per heavy atom. The topological polar surface area (TPSA) is 60.3 Å². The fraction of sp³-hybridized carbons (Fsp3) is 0.700. The van der Waals surface area contributed by atoms with E-state index in [1.54, 1.807) is 27.4 Å². The lowest BCUT2D eigenvalue weighted by Gasteiger charge is -2.34. The molecule has 2 heterocycles. The number of hydrogen-bond acceptors (Lipinski definition) is 4. The van der Waals surface area contributed by atoms with Crippen molar-refractivity contribution in [3.63, 3.8) is 0 Å². The van der Waals surface area contributed by atoms with Gasteiger partial charge in [0.2, 0.25) is 10.0 Å². The van der Waals surface area contributed by atoms with Gasteiger partial charge in [0.15, 0.2) is 11.5 Å². The molecule has 6 nitrogen and oxygen atoms in total. The van der Waals surface area contributed by atoms with E-state index in [2.05, 4.69) is 0 Å². The van der Waals surface area contributed by atoms with Gasteiger partial charge in [-0.25, -0.2) is 8.42 Å². The highest BCUT2D eigenvalue weighted by molar-refractivity contribution is 7.89. The molecular weight excluding hydrogens is 364 g/mol. The molecule has 1 N–H and O–H groups in total. The molecule has 150 valence electrons. The Bertz CT molecular complexity index is 738. The van der Waals surface area contributed by atoms with E-state index in [0.717, 1.165) is 25.4 Å². The smallest absolute Gasteiger partial charge is 0.243 e. The molecule has 27 heavy (non-hydrogen) atoms. The summed E-state index contributed by atoms with van der Waals surface area (Å²) in [5.41, 5.74) is 0. The maximum absolute atomic E-state index is 13.1. The zero-order valence-corrected chi connectivity index (χ0v) is 16.8. The van der Waals surface area contributed by atoms with E-state index in [1.807, 2.05) is 0 Å². The minimum absolute atomic E-state index is 0.308. The number of hydrogen-bond donors (Lipinski definition) is 1. The summed E-state index contributed by atoms with van der Waals surface area (Å²) >= 11 is 0. The molecule has 1 aromatic carbocycles. The van der Waals surface area contributed by atoms with Gasteiger partial charge in [-0.05, 0) is 25.0 Å². The van der Waals surface area contributed by atoms with E-state index < -0.39 is 10.0 Å². The Kier molecular flexibility index (Phi) is 5.90. The highest BCUT2D eigenvalue weighted by atomic mass is 32.2. The quantitative estimate of drug-likeness (QED) is 0.835. The van der Waals surface area contributed by atoms with E-state index in [1.165, 1.54) is 38.6 Å². The van der Waals surface area contributed by atoms with E-state index in [0.29, 0.717) is 42.7 Å². The number of sulfonamides is 1. The van der Waals surface area contributed by atoms with Crippen LogP contribution in [0.5, 0.6) is 11.5 Å². The van der Waals surface area contributed by atoms with Crippen molar-refractivity contribution in [3.05, 3.63) is 18.2 Å². The molecule has 0 aromatic heterocycles. The van der Waals surface area contributed by atoms with Gasteiger partial charge < -0.3 is 14.4 Å². The van der Waals surface area contributed by atoms with Crippen LogP contribution in [0.1, 0.15) is 38.5 Å². The zero-order valence-electron chi connectivity index (χ0n) is 16.0. The largest absolute Gasteiger partial charge is 0.490 e. The first kappa shape index (κ1) is 19.0. The molecule has 1 saturated heterocycles. The Labute approximate surface area is 162 Å². The molecule has 0 bridgehead atoms. The zero-order chi connectivity index (χ0) is 18.7. The third kappa shape index (κ3) is 4.41. The van der Waals surface area contributed by atoms with Gasteiger partial charge in [0.25, 0.3) is 0 Å². The molecule has 0 radical (unpaired) electrons. The van der Waals surface area contributed by atoms with Crippen molar-refractivity contribution in [3.8, 4) is 11.5 Å². The van der Waals surface area contributed by atoms with Crippen LogP contribution in [0.25, 0.3) is 0 Å². The van der Waals surface area contributed by atoms with Gasteiger partial charge in [0, 0.05) is 18.4 Å². The molecule has 2 fully saturated rings. The number of quaternary nitrogens is 1. The molecule has 7 heteroatoms. The minimum atomic E-state index is -3.48. The number of nitrogens with zero attached hydrogens (tertiary/aromatic N) is 1. The normalized spacial score (nSPS) is 23.1. The second kappa shape index (κ2) is 8.37. The molecule has 0 spiro atoms. The highest BCUT2D eigenvalue weighted by Crippen LogP contribution is 2.32. The third-order valence-electron chi connectivity index (χ3n) is 6.09. The van der Waals surface area contributed by atoms with Crippen LogP contribution in [0.4, 0.5) is 0 Å². The highest BCUT2D eigenvalue weighted by Gasteiger charge is 2.32. The van der Waals surface area contributed by atoms with Crippen molar-refractivity contribution in [2.45, 2.75) is 43.4 Å². The fourth-order valence-electron chi connectivity index (χ4n) is 4.50. The average Bonchev–Trinajstić information content (AvgIpc) is 2.94. The predicted octanol–water partition coefficient (Wildman–Crippen LogP) is 1.32. The van der Waals surface area contributed by atoms with Crippen molar-refractivity contribution in [1.82, 2.24) is 4.31 Å². The SMILES string of the molecule is O=S(=O)(c1ccc2c(c1)OCCCO2)N1CC[NH+](CC2CCCCC2)CC1. The van der Waals surface area contributed by atoms with Gasteiger partial charge in [0.1, 0.15) is 0 Å². The van der Waals surface area contributed by atoms with Gasteiger partial charge >= 0.3 is 0 Å².